The van der Waals surface area contributed by atoms with Crippen molar-refractivity contribution < 1.29 is 9.53 Å². The molecule has 6 nitrogen and oxygen atoms in total. The Morgan fingerprint density at radius 2 is 2.06 bits per heavy atom. The number of hydrogen-bond acceptors (Lipinski definition) is 4. The highest BCUT2D eigenvalue weighted by Crippen LogP contribution is 2.50. The van der Waals surface area contributed by atoms with Crippen LogP contribution in [0.4, 0.5) is 0 Å². The number of carbonyl (C=O) groups excluding carboxylic acids is 1. The van der Waals surface area contributed by atoms with Gasteiger partial charge in [-0.25, -0.2) is 4.98 Å². The molecule has 3 heterocycles. The molecule has 5 rings (SSSR count). The highest BCUT2D eigenvalue weighted by atomic mass is 16.5. The van der Waals surface area contributed by atoms with Crippen LogP contribution in [0.15, 0.2) is 36.8 Å². The molecule has 0 radical (unpaired) electrons. The third-order valence-corrected chi connectivity index (χ3v) is 7.49. The van der Waals surface area contributed by atoms with Crippen molar-refractivity contribution in [2.75, 3.05) is 33.3 Å². The molecule has 1 aromatic heterocycles. The number of nitrogens with zero attached hydrogens (tertiary/aromatic N) is 4. The Labute approximate surface area is 185 Å². The number of carbonyl (C=O) groups is 1. The Hall–Kier alpha value is -2.34. The summed E-state index contributed by atoms with van der Waals surface area (Å²) in [6.07, 6.45) is 7.58. The van der Waals surface area contributed by atoms with Crippen molar-refractivity contribution in [3.8, 4) is 5.75 Å². The van der Waals surface area contributed by atoms with E-state index in [-0.39, 0.29) is 11.3 Å². The third-order valence-electron chi connectivity index (χ3n) is 7.49. The van der Waals surface area contributed by atoms with Crippen molar-refractivity contribution >= 4 is 5.91 Å². The molecular formula is C25H34N4O2. The van der Waals surface area contributed by atoms with Crippen LogP contribution in [0.2, 0.25) is 0 Å². The topological polar surface area (TPSA) is 50.6 Å². The van der Waals surface area contributed by atoms with Gasteiger partial charge in [0, 0.05) is 56.4 Å². The van der Waals surface area contributed by atoms with Crippen LogP contribution in [-0.2, 0) is 11.3 Å². The fourth-order valence-corrected chi connectivity index (χ4v) is 5.51. The van der Waals surface area contributed by atoms with Gasteiger partial charge < -0.3 is 14.2 Å². The maximum atomic E-state index is 13.8. The van der Waals surface area contributed by atoms with E-state index in [0.29, 0.717) is 11.9 Å². The Morgan fingerprint density at radius 1 is 1.26 bits per heavy atom. The summed E-state index contributed by atoms with van der Waals surface area (Å²) in [6, 6.07) is 8.58. The van der Waals surface area contributed by atoms with Crippen LogP contribution in [0.5, 0.6) is 5.75 Å². The quantitative estimate of drug-likeness (QED) is 0.683. The van der Waals surface area contributed by atoms with Crippen molar-refractivity contribution in [1.29, 1.82) is 0 Å². The molecule has 2 atom stereocenters. The van der Waals surface area contributed by atoms with Crippen molar-refractivity contribution in [3.05, 3.63) is 48.0 Å². The van der Waals surface area contributed by atoms with E-state index in [0.717, 1.165) is 56.5 Å². The van der Waals surface area contributed by atoms with Crippen LogP contribution in [0.1, 0.15) is 56.3 Å². The molecule has 1 amide bonds. The minimum atomic E-state index is -0.354. The summed E-state index contributed by atoms with van der Waals surface area (Å²) in [6.45, 7) is 8.62. The Balaban J connectivity index is 1.44. The lowest BCUT2D eigenvalue weighted by atomic mass is 9.75. The first kappa shape index (κ1) is 20.6. The number of likely N-dealkylation sites (tertiary alicyclic amines) is 2. The van der Waals surface area contributed by atoms with E-state index in [4.69, 9.17) is 9.72 Å². The Morgan fingerprint density at radius 3 is 2.77 bits per heavy atom. The molecule has 3 aliphatic rings. The average molecular weight is 423 g/mol. The molecule has 166 valence electrons. The van der Waals surface area contributed by atoms with E-state index < -0.39 is 0 Å². The van der Waals surface area contributed by atoms with Gasteiger partial charge in [0.2, 0.25) is 5.91 Å². The molecule has 1 aliphatic carbocycles. The first-order valence-electron chi connectivity index (χ1n) is 11.7. The number of para-hydroxylation sites is 1. The normalized spacial score (nSPS) is 26.5. The molecule has 2 aliphatic heterocycles. The number of aromatic nitrogens is 2. The molecule has 2 saturated heterocycles. The summed E-state index contributed by atoms with van der Waals surface area (Å²) in [5.74, 6) is 2.13. The van der Waals surface area contributed by atoms with E-state index in [1.807, 2.05) is 18.5 Å². The van der Waals surface area contributed by atoms with Crippen molar-refractivity contribution in [2.24, 2.45) is 11.3 Å². The fourth-order valence-electron chi connectivity index (χ4n) is 5.51. The molecule has 1 aromatic carbocycles. The lowest BCUT2D eigenvalue weighted by molar-refractivity contribution is -0.136. The summed E-state index contributed by atoms with van der Waals surface area (Å²) in [5.41, 5.74) is 1.89. The Kier molecular flexibility index (Phi) is 5.29. The van der Waals surface area contributed by atoms with Gasteiger partial charge in [-0.05, 0) is 45.1 Å². The molecule has 31 heavy (non-hydrogen) atoms. The number of hydrogen-bond donors (Lipinski definition) is 0. The molecule has 0 N–H and O–H groups in total. The van der Waals surface area contributed by atoms with Crippen molar-refractivity contribution in [2.45, 2.75) is 51.6 Å². The molecule has 0 unspecified atom stereocenters. The number of imidazole rings is 1. The summed E-state index contributed by atoms with van der Waals surface area (Å²) in [5, 5.41) is 0. The lowest BCUT2D eigenvalue weighted by Crippen LogP contribution is -2.40. The second kappa shape index (κ2) is 7.97. The number of benzene rings is 1. The van der Waals surface area contributed by atoms with E-state index in [1.165, 1.54) is 18.4 Å². The highest BCUT2D eigenvalue weighted by molar-refractivity contribution is 5.87. The fraction of sp³-hybridized carbons (Fsp3) is 0.600. The molecule has 3 fully saturated rings. The maximum absolute atomic E-state index is 13.8. The first-order valence-corrected chi connectivity index (χ1v) is 11.7. The van der Waals surface area contributed by atoms with E-state index in [9.17, 15) is 4.79 Å². The lowest BCUT2D eigenvalue weighted by Gasteiger charge is -2.28. The van der Waals surface area contributed by atoms with Gasteiger partial charge in [-0.2, -0.15) is 0 Å². The first-order chi connectivity index (χ1) is 15.0. The molecule has 6 heteroatoms. The largest absolute Gasteiger partial charge is 0.496 e. The predicted molar refractivity (Wildman–Crippen MR) is 120 cm³/mol. The zero-order valence-corrected chi connectivity index (χ0v) is 19.0. The second-order valence-electron chi connectivity index (χ2n) is 9.97. The second-order valence-corrected chi connectivity index (χ2v) is 9.97. The third kappa shape index (κ3) is 3.75. The number of methoxy groups -OCH3 is 1. The highest BCUT2D eigenvalue weighted by Gasteiger charge is 2.58. The van der Waals surface area contributed by atoms with Gasteiger partial charge in [-0.1, -0.05) is 18.2 Å². The number of amides is 1. The molecule has 2 aromatic rings. The van der Waals surface area contributed by atoms with Gasteiger partial charge in [0.1, 0.15) is 5.75 Å². The summed E-state index contributed by atoms with van der Waals surface area (Å²) >= 11 is 0. The van der Waals surface area contributed by atoms with Gasteiger partial charge >= 0.3 is 0 Å². The van der Waals surface area contributed by atoms with Gasteiger partial charge in [0.25, 0.3) is 0 Å². The molecule has 1 spiro atoms. The molecule has 1 saturated carbocycles. The van der Waals surface area contributed by atoms with Gasteiger partial charge in [-0.15, -0.1) is 0 Å². The Bertz CT molecular complexity index is 951. The standard InChI is InChI=1S/C25H34N4O2/c1-18(2)29-15-22(26-17-29)21-14-27(13-20-6-4-5-7-23(20)31-3)16-25(21)10-11-28(24(25)30)12-19-8-9-19/h4-7,15,17-19,21H,8-14,16H2,1-3H3/t21-,25+/m0/s1. The van der Waals surface area contributed by atoms with E-state index in [1.54, 1.807) is 7.11 Å². The SMILES string of the molecule is COc1ccccc1CN1C[C@@H](c2cn(C(C)C)cn2)[C@@]2(CCN(CC3CC3)C2=O)C1. The summed E-state index contributed by atoms with van der Waals surface area (Å²) in [4.78, 5) is 23.2. The van der Waals surface area contributed by atoms with Crippen LogP contribution in [0, 0.1) is 11.3 Å². The van der Waals surface area contributed by atoms with Crippen LogP contribution in [0.25, 0.3) is 0 Å². The smallest absolute Gasteiger partial charge is 0.230 e. The van der Waals surface area contributed by atoms with Crippen molar-refractivity contribution in [1.82, 2.24) is 19.4 Å². The van der Waals surface area contributed by atoms with Gasteiger partial charge in [0.15, 0.2) is 0 Å². The minimum Gasteiger partial charge on any atom is -0.496 e. The maximum Gasteiger partial charge on any atom is 0.230 e. The monoisotopic (exact) mass is 422 g/mol. The minimum absolute atomic E-state index is 0.138. The predicted octanol–water partition coefficient (Wildman–Crippen LogP) is 3.70. The van der Waals surface area contributed by atoms with Gasteiger partial charge in [-0.3, -0.25) is 9.69 Å². The van der Waals surface area contributed by atoms with E-state index in [2.05, 4.69) is 46.5 Å². The van der Waals surface area contributed by atoms with Crippen molar-refractivity contribution in [3.63, 3.8) is 0 Å². The van der Waals surface area contributed by atoms with Crippen LogP contribution >= 0.6 is 0 Å². The summed E-state index contributed by atoms with van der Waals surface area (Å²) in [7, 11) is 1.72. The van der Waals surface area contributed by atoms with Crippen LogP contribution in [-0.4, -0.2) is 58.5 Å². The van der Waals surface area contributed by atoms with Gasteiger partial charge in [0.05, 0.1) is 24.5 Å². The zero-order chi connectivity index (χ0) is 21.6. The molecular weight excluding hydrogens is 388 g/mol. The average Bonchev–Trinajstić information content (AvgIpc) is 3.18. The van der Waals surface area contributed by atoms with Crippen LogP contribution in [0.3, 0.4) is 0 Å². The van der Waals surface area contributed by atoms with Crippen LogP contribution < -0.4 is 4.74 Å². The van der Waals surface area contributed by atoms with E-state index >= 15 is 0 Å². The summed E-state index contributed by atoms with van der Waals surface area (Å²) < 4.78 is 7.75. The number of ether oxygens (including phenoxy) is 1. The number of rotatable bonds is 7. The molecule has 0 bridgehead atoms. The zero-order valence-electron chi connectivity index (χ0n) is 19.0.